The number of nitrogen functional groups attached to an aromatic ring is 1. The zero-order valence-electron chi connectivity index (χ0n) is 9.66. The molecule has 0 aliphatic heterocycles. The Labute approximate surface area is 104 Å². The van der Waals surface area contributed by atoms with Crippen LogP contribution in [0.25, 0.3) is 0 Å². The molecule has 1 aromatic carbocycles. The molecular weight excluding hydrogens is 236 g/mol. The van der Waals surface area contributed by atoms with Crippen LogP contribution in [0, 0.1) is 11.6 Å². The van der Waals surface area contributed by atoms with E-state index >= 15 is 0 Å². The molecule has 0 saturated heterocycles. The highest BCUT2D eigenvalue weighted by molar-refractivity contribution is 5.49. The first-order chi connectivity index (χ1) is 8.63. The van der Waals surface area contributed by atoms with Gasteiger partial charge in [0.1, 0.15) is 17.5 Å². The molecule has 2 rings (SSSR count). The van der Waals surface area contributed by atoms with Crippen LogP contribution >= 0.6 is 0 Å². The molecule has 0 spiro atoms. The van der Waals surface area contributed by atoms with Crippen molar-refractivity contribution in [1.82, 2.24) is 4.98 Å². The molecule has 3 nitrogen and oxygen atoms in total. The lowest BCUT2D eigenvalue weighted by atomic mass is 10.1. The zero-order chi connectivity index (χ0) is 13.0. The van der Waals surface area contributed by atoms with Crippen LogP contribution in [0.3, 0.4) is 0 Å². The van der Waals surface area contributed by atoms with E-state index in [4.69, 9.17) is 5.73 Å². The first-order valence-corrected chi connectivity index (χ1v) is 5.54. The second-order valence-electron chi connectivity index (χ2n) is 3.92. The highest BCUT2D eigenvalue weighted by Crippen LogP contribution is 2.11. The number of rotatable bonds is 4. The summed E-state index contributed by atoms with van der Waals surface area (Å²) in [5.74, 6) is -0.687. The molecule has 0 radical (unpaired) electrons. The van der Waals surface area contributed by atoms with Gasteiger partial charge in [0, 0.05) is 30.6 Å². The quantitative estimate of drug-likeness (QED) is 0.875. The van der Waals surface area contributed by atoms with Gasteiger partial charge in [-0.3, -0.25) is 0 Å². The maximum Gasteiger partial charge on any atom is 0.126 e. The SMILES string of the molecule is Nc1cc(NCCc2cc(F)cc(F)c2)ccn1. The van der Waals surface area contributed by atoms with E-state index in [1.54, 1.807) is 18.3 Å². The molecule has 5 heteroatoms. The summed E-state index contributed by atoms with van der Waals surface area (Å²) in [5, 5.41) is 3.11. The van der Waals surface area contributed by atoms with Gasteiger partial charge >= 0.3 is 0 Å². The molecule has 0 atom stereocenters. The fourth-order valence-corrected chi connectivity index (χ4v) is 1.66. The van der Waals surface area contributed by atoms with Crippen molar-refractivity contribution in [3.63, 3.8) is 0 Å². The van der Waals surface area contributed by atoms with Gasteiger partial charge in [0.25, 0.3) is 0 Å². The van der Waals surface area contributed by atoms with Gasteiger partial charge in [-0.25, -0.2) is 13.8 Å². The number of pyridine rings is 1. The first-order valence-electron chi connectivity index (χ1n) is 5.54. The first kappa shape index (κ1) is 12.3. The topological polar surface area (TPSA) is 50.9 Å². The van der Waals surface area contributed by atoms with Crippen LogP contribution in [0.2, 0.25) is 0 Å². The van der Waals surface area contributed by atoms with Gasteiger partial charge in [0.05, 0.1) is 0 Å². The van der Waals surface area contributed by atoms with Crippen molar-refractivity contribution in [2.24, 2.45) is 0 Å². The second kappa shape index (κ2) is 5.44. The summed E-state index contributed by atoms with van der Waals surface area (Å²) in [6.45, 7) is 0.562. The fraction of sp³-hybridized carbons (Fsp3) is 0.154. The summed E-state index contributed by atoms with van der Waals surface area (Å²) in [4.78, 5) is 3.87. The van der Waals surface area contributed by atoms with Crippen LogP contribution in [0.5, 0.6) is 0 Å². The van der Waals surface area contributed by atoms with E-state index in [1.807, 2.05) is 0 Å². The van der Waals surface area contributed by atoms with Crippen LogP contribution in [0.15, 0.2) is 36.5 Å². The lowest BCUT2D eigenvalue weighted by Crippen LogP contribution is -2.06. The van der Waals surface area contributed by atoms with Crippen molar-refractivity contribution >= 4 is 11.5 Å². The number of anilines is 2. The van der Waals surface area contributed by atoms with Crippen LogP contribution < -0.4 is 11.1 Å². The lowest BCUT2D eigenvalue weighted by Gasteiger charge is -2.07. The molecule has 94 valence electrons. The third-order valence-electron chi connectivity index (χ3n) is 2.45. The van der Waals surface area contributed by atoms with Crippen molar-refractivity contribution in [3.8, 4) is 0 Å². The van der Waals surface area contributed by atoms with Crippen molar-refractivity contribution in [2.45, 2.75) is 6.42 Å². The van der Waals surface area contributed by atoms with Gasteiger partial charge in [0.2, 0.25) is 0 Å². The van der Waals surface area contributed by atoms with Crippen molar-refractivity contribution in [1.29, 1.82) is 0 Å². The Hall–Kier alpha value is -2.17. The smallest absolute Gasteiger partial charge is 0.126 e. The summed E-state index contributed by atoms with van der Waals surface area (Å²) < 4.78 is 25.9. The number of hydrogen-bond acceptors (Lipinski definition) is 3. The maximum absolute atomic E-state index is 12.9. The molecular formula is C13H13F2N3. The van der Waals surface area contributed by atoms with E-state index in [1.165, 1.54) is 12.1 Å². The zero-order valence-corrected chi connectivity index (χ0v) is 9.66. The van der Waals surface area contributed by atoms with E-state index in [-0.39, 0.29) is 0 Å². The molecule has 0 bridgehead atoms. The van der Waals surface area contributed by atoms with Crippen molar-refractivity contribution in [2.75, 3.05) is 17.6 Å². The Morgan fingerprint density at radius 1 is 1.11 bits per heavy atom. The number of hydrogen-bond donors (Lipinski definition) is 2. The van der Waals surface area contributed by atoms with Gasteiger partial charge in [-0.15, -0.1) is 0 Å². The van der Waals surface area contributed by atoms with Crippen molar-refractivity contribution in [3.05, 3.63) is 53.7 Å². The van der Waals surface area contributed by atoms with Gasteiger partial charge in [-0.05, 0) is 30.2 Å². The highest BCUT2D eigenvalue weighted by atomic mass is 19.1. The van der Waals surface area contributed by atoms with E-state index in [0.29, 0.717) is 24.3 Å². The molecule has 18 heavy (non-hydrogen) atoms. The van der Waals surface area contributed by atoms with Crippen LogP contribution in [0.1, 0.15) is 5.56 Å². The van der Waals surface area contributed by atoms with Gasteiger partial charge in [-0.1, -0.05) is 0 Å². The normalized spacial score (nSPS) is 10.3. The largest absolute Gasteiger partial charge is 0.385 e. The lowest BCUT2D eigenvalue weighted by molar-refractivity contribution is 0.580. The average molecular weight is 249 g/mol. The number of nitrogens with two attached hydrogens (primary N) is 1. The van der Waals surface area contributed by atoms with Gasteiger partial charge < -0.3 is 11.1 Å². The standard InChI is InChI=1S/C13H13F2N3/c14-10-5-9(6-11(15)7-10)1-3-17-12-2-4-18-13(16)8-12/h2,4-8H,1,3H2,(H3,16,17,18). The molecule has 1 aromatic heterocycles. The predicted molar refractivity (Wildman–Crippen MR) is 67.2 cm³/mol. The predicted octanol–water partition coefficient (Wildman–Crippen LogP) is 2.60. The molecule has 0 unspecified atom stereocenters. The molecule has 0 amide bonds. The van der Waals surface area contributed by atoms with E-state index in [0.717, 1.165) is 11.8 Å². The highest BCUT2D eigenvalue weighted by Gasteiger charge is 2.00. The fourth-order valence-electron chi connectivity index (χ4n) is 1.66. The van der Waals surface area contributed by atoms with Gasteiger partial charge in [0.15, 0.2) is 0 Å². The Balaban J connectivity index is 1.92. The monoisotopic (exact) mass is 249 g/mol. The molecule has 0 aliphatic carbocycles. The number of aromatic nitrogens is 1. The Kier molecular flexibility index (Phi) is 3.72. The van der Waals surface area contributed by atoms with Crippen LogP contribution in [-0.4, -0.2) is 11.5 Å². The van der Waals surface area contributed by atoms with Crippen LogP contribution in [-0.2, 0) is 6.42 Å². The van der Waals surface area contributed by atoms with E-state index < -0.39 is 11.6 Å². The Morgan fingerprint density at radius 2 is 1.83 bits per heavy atom. The summed E-state index contributed by atoms with van der Waals surface area (Å²) in [5.41, 5.74) is 6.98. The number of nitrogens with one attached hydrogen (secondary N) is 1. The second-order valence-corrected chi connectivity index (χ2v) is 3.92. The van der Waals surface area contributed by atoms with Crippen LogP contribution in [0.4, 0.5) is 20.3 Å². The Morgan fingerprint density at radius 3 is 2.50 bits per heavy atom. The average Bonchev–Trinajstić information content (AvgIpc) is 2.27. The summed E-state index contributed by atoms with van der Waals surface area (Å²) in [6.07, 6.45) is 2.12. The summed E-state index contributed by atoms with van der Waals surface area (Å²) >= 11 is 0. The number of nitrogens with zero attached hydrogens (tertiary/aromatic N) is 1. The van der Waals surface area contributed by atoms with E-state index in [2.05, 4.69) is 10.3 Å². The molecule has 0 aliphatic rings. The summed E-state index contributed by atoms with van der Waals surface area (Å²) in [6, 6.07) is 6.99. The molecule has 3 N–H and O–H groups in total. The third kappa shape index (κ3) is 3.41. The minimum absolute atomic E-state index is 0.428. The van der Waals surface area contributed by atoms with E-state index in [9.17, 15) is 8.78 Å². The third-order valence-corrected chi connectivity index (χ3v) is 2.45. The number of benzene rings is 1. The van der Waals surface area contributed by atoms with Gasteiger partial charge in [-0.2, -0.15) is 0 Å². The Bertz CT molecular complexity index is 523. The molecule has 2 aromatic rings. The minimum Gasteiger partial charge on any atom is -0.385 e. The summed E-state index contributed by atoms with van der Waals surface area (Å²) in [7, 11) is 0. The molecule has 1 heterocycles. The minimum atomic E-state index is -0.557. The van der Waals surface area contributed by atoms with Crippen molar-refractivity contribution < 1.29 is 8.78 Å². The number of halogens is 2. The molecule has 0 fully saturated rings. The maximum atomic E-state index is 12.9. The molecule has 0 saturated carbocycles.